The third kappa shape index (κ3) is 3.30. The van der Waals surface area contributed by atoms with Crippen LogP contribution >= 0.6 is 0 Å². The zero-order chi connectivity index (χ0) is 12.0. The highest BCUT2D eigenvalue weighted by molar-refractivity contribution is 4.93. The first-order chi connectivity index (χ1) is 7.72. The Hall–Kier alpha value is -0.900. The summed E-state index contributed by atoms with van der Waals surface area (Å²) in [4.78, 5) is 0. The van der Waals surface area contributed by atoms with Gasteiger partial charge in [0.1, 0.15) is 0 Å². The van der Waals surface area contributed by atoms with Crippen molar-refractivity contribution in [2.24, 2.45) is 0 Å². The molecule has 0 fully saturated rings. The number of nitrogens with zero attached hydrogens (tertiary/aromatic N) is 2. The summed E-state index contributed by atoms with van der Waals surface area (Å²) in [5, 5.41) is 11.6. The second-order valence-corrected chi connectivity index (χ2v) is 4.19. The molecule has 0 bridgehead atoms. The second-order valence-electron chi connectivity index (χ2n) is 4.19. The van der Waals surface area contributed by atoms with Crippen molar-refractivity contribution in [3.63, 3.8) is 0 Å². The molecular formula is C12H23N3O. The lowest BCUT2D eigenvalue weighted by molar-refractivity contribution is 0.360. The monoisotopic (exact) mass is 225 g/mol. The number of hydrogen-bond acceptors (Lipinski definition) is 4. The summed E-state index contributed by atoms with van der Waals surface area (Å²) in [5.41, 5.74) is 0. The van der Waals surface area contributed by atoms with E-state index in [1.807, 2.05) is 0 Å². The van der Waals surface area contributed by atoms with E-state index in [1.165, 1.54) is 0 Å². The van der Waals surface area contributed by atoms with Crippen molar-refractivity contribution in [3.05, 3.63) is 11.8 Å². The summed E-state index contributed by atoms with van der Waals surface area (Å²) >= 11 is 0. The normalized spacial score (nSPS) is 15.0. The Morgan fingerprint density at radius 1 is 1.19 bits per heavy atom. The Morgan fingerprint density at radius 3 is 2.44 bits per heavy atom. The largest absolute Gasteiger partial charge is 0.423 e. The maximum Gasteiger partial charge on any atom is 0.233 e. The van der Waals surface area contributed by atoms with E-state index in [0.717, 1.165) is 37.6 Å². The third-order valence-corrected chi connectivity index (χ3v) is 2.76. The molecule has 0 aromatic carbocycles. The van der Waals surface area contributed by atoms with Gasteiger partial charge in [-0.1, -0.05) is 34.1 Å². The van der Waals surface area contributed by atoms with E-state index in [9.17, 15) is 0 Å². The molecule has 1 aromatic heterocycles. The van der Waals surface area contributed by atoms with E-state index in [-0.39, 0.29) is 6.04 Å². The van der Waals surface area contributed by atoms with Crippen LogP contribution in [-0.2, 0) is 0 Å². The molecule has 1 rings (SSSR count). The van der Waals surface area contributed by atoms with E-state index in [4.69, 9.17) is 4.42 Å². The van der Waals surface area contributed by atoms with Crippen molar-refractivity contribution >= 4 is 0 Å². The quantitative estimate of drug-likeness (QED) is 0.775. The fraction of sp³-hybridized carbons (Fsp3) is 0.833. The Labute approximate surface area is 97.8 Å². The van der Waals surface area contributed by atoms with Gasteiger partial charge in [0, 0.05) is 5.92 Å². The minimum absolute atomic E-state index is 0.195. The lowest BCUT2D eigenvalue weighted by atomic mass is 10.1. The second kappa shape index (κ2) is 6.63. The van der Waals surface area contributed by atoms with E-state index in [2.05, 4.69) is 43.2 Å². The molecule has 1 N–H and O–H groups in total. The van der Waals surface area contributed by atoms with Gasteiger partial charge in [0.05, 0.1) is 6.04 Å². The summed E-state index contributed by atoms with van der Waals surface area (Å²) in [7, 11) is 0. The molecular weight excluding hydrogens is 202 g/mol. The maximum atomic E-state index is 5.72. The molecule has 2 unspecified atom stereocenters. The Kier molecular flexibility index (Phi) is 5.46. The van der Waals surface area contributed by atoms with Gasteiger partial charge in [-0.15, -0.1) is 10.2 Å². The zero-order valence-corrected chi connectivity index (χ0v) is 10.8. The highest BCUT2D eigenvalue weighted by Gasteiger charge is 2.18. The van der Waals surface area contributed by atoms with Crippen LogP contribution in [0.2, 0.25) is 0 Å². The van der Waals surface area contributed by atoms with Gasteiger partial charge >= 0.3 is 0 Å². The average Bonchev–Trinajstić information content (AvgIpc) is 2.75. The van der Waals surface area contributed by atoms with Crippen LogP contribution in [0.3, 0.4) is 0 Å². The summed E-state index contributed by atoms with van der Waals surface area (Å²) in [6.07, 6.45) is 3.21. The molecule has 4 heteroatoms. The van der Waals surface area contributed by atoms with Crippen molar-refractivity contribution in [2.75, 3.05) is 6.54 Å². The van der Waals surface area contributed by atoms with E-state index in [0.29, 0.717) is 5.92 Å². The van der Waals surface area contributed by atoms with Crippen LogP contribution in [0.5, 0.6) is 0 Å². The minimum Gasteiger partial charge on any atom is -0.423 e. The summed E-state index contributed by atoms with van der Waals surface area (Å²) in [6, 6.07) is 0.195. The molecule has 1 aromatic rings. The van der Waals surface area contributed by atoms with E-state index >= 15 is 0 Å². The zero-order valence-electron chi connectivity index (χ0n) is 10.8. The van der Waals surface area contributed by atoms with Crippen LogP contribution < -0.4 is 5.32 Å². The van der Waals surface area contributed by atoms with Crippen LogP contribution in [0, 0.1) is 0 Å². The lowest BCUT2D eigenvalue weighted by Gasteiger charge is -2.10. The van der Waals surface area contributed by atoms with Crippen LogP contribution in [-0.4, -0.2) is 16.7 Å². The van der Waals surface area contributed by atoms with Gasteiger partial charge in [-0.3, -0.25) is 0 Å². The molecule has 0 saturated carbocycles. The maximum absolute atomic E-state index is 5.72. The number of hydrogen-bond donors (Lipinski definition) is 1. The molecule has 92 valence electrons. The molecule has 0 radical (unpaired) electrons. The lowest BCUT2D eigenvalue weighted by Crippen LogP contribution is -2.20. The van der Waals surface area contributed by atoms with Crippen LogP contribution in [0.15, 0.2) is 4.42 Å². The molecule has 2 atom stereocenters. The molecule has 0 aliphatic heterocycles. The van der Waals surface area contributed by atoms with Crippen LogP contribution in [0.4, 0.5) is 0 Å². The van der Waals surface area contributed by atoms with Gasteiger partial charge in [-0.25, -0.2) is 0 Å². The summed E-state index contributed by atoms with van der Waals surface area (Å²) in [5.74, 6) is 1.86. The van der Waals surface area contributed by atoms with Crippen molar-refractivity contribution in [3.8, 4) is 0 Å². The first-order valence-electron chi connectivity index (χ1n) is 6.29. The number of rotatable bonds is 7. The third-order valence-electron chi connectivity index (χ3n) is 2.76. The van der Waals surface area contributed by atoms with E-state index < -0.39 is 0 Å². The summed E-state index contributed by atoms with van der Waals surface area (Å²) in [6.45, 7) is 9.42. The standard InChI is InChI=1S/C12H23N3O/c1-5-8-9(4)11-14-15-12(16-11)10(6-2)13-7-3/h9-10,13H,5-8H2,1-4H3. The van der Waals surface area contributed by atoms with Gasteiger partial charge in [0.15, 0.2) is 0 Å². The Balaban J connectivity index is 2.68. The van der Waals surface area contributed by atoms with Crippen LogP contribution in [0.25, 0.3) is 0 Å². The molecule has 4 nitrogen and oxygen atoms in total. The topological polar surface area (TPSA) is 51.0 Å². The molecule has 0 aliphatic rings. The van der Waals surface area contributed by atoms with Crippen molar-refractivity contribution in [1.29, 1.82) is 0 Å². The van der Waals surface area contributed by atoms with Crippen molar-refractivity contribution in [2.45, 2.75) is 58.9 Å². The number of nitrogens with one attached hydrogen (secondary N) is 1. The highest BCUT2D eigenvalue weighted by Crippen LogP contribution is 2.22. The predicted octanol–water partition coefficient (Wildman–Crippen LogP) is 3.03. The molecule has 0 aliphatic carbocycles. The molecule has 0 saturated heterocycles. The number of aromatic nitrogens is 2. The highest BCUT2D eigenvalue weighted by atomic mass is 16.4. The van der Waals surface area contributed by atoms with Crippen LogP contribution in [0.1, 0.15) is 70.7 Å². The fourth-order valence-electron chi connectivity index (χ4n) is 1.80. The van der Waals surface area contributed by atoms with Gasteiger partial charge in [0.25, 0.3) is 0 Å². The predicted molar refractivity (Wildman–Crippen MR) is 64.3 cm³/mol. The van der Waals surface area contributed by atoms with Gasteiger partial charge in [0.2, 0.25) is 11.8 Å². The SMILES string of the molecule is CCCC(C)c1nnc(C(CC)NCC)o1. The smallest absolute Gasteiger partial charge is 0.233 e. The molecule has 0 amide bonds. The van der Waals surface area contributed by atoms with Crippen molar-refractivity contribution in [1.82, 2.24) is 15.5 Å². The minimum atomic E-state index is 0.195. The molecule has 1 heterocycles. The Morgan fingerprint density at radius 2 is 1.88 bits per heavy atom. The summed E-state index contributed by atoms with van der Waals surface area (Å²) < 4.78 is 5.72. The fourth-order valence-corrected chi connectivity index (χ4v) is 1.80. The molecule has 0 spiro atoms. The Bertz CT molecular complexity index is 298. The first kappa shape index (κ1) is 13.2. The van der Waals surface area contributed by atoms with Gasteiger partial charge < -0.3 is 9.73 Å². The molecule has 16 heavy (non-hydrogen) atoms. The average molecular weight is 225 g/mol. The van der Waals surface area contributed by atoms with Gasteiger partial charge in [-0.2, -0.15) is 0 Å². The van der Waals surface area contributed by atoms with E-state index in [1.54, 1.807) is 0 Å². The first-order valence-corrected chi connectivity index (χ1v) is 6.29. The van der Waals surface area contributed by atoms with Crippen molar-refractivity contribution < 1.29 is 4.42 Å². The van der Waals surface area contributed by atoms with Gasteiger partial charge in [-0.05, 0) is 19.4 Å².